The van der Waals surface area contributed by atoms with Crippen LogP contribution >= 0.6 is 0 Å². The summed E-state index contributed by atoms with van der Waals surface area (Å²) in [5, 5.41) is 0. The summed E-state index contributed by atoms with van der Waals surface area (Å²) < 4.78 is 16.9. The summed E-state index contributed by atoms with van der Waals surface area (Å²) >= 11 is 0. The zero-order chi connectivity index (χ0) is 50.5. The molecule has 0 aliphatic rings. The van der Waals surface area contributed by atoms with Crippen LogP contribution in [-0.4, -0.2) is 37.2 Å². The van der Waals surface area contributed by atoms with Gasteiger partial charge in [0.05, 0.1) is 0 Å². The van der Waals surface area contributed by atoms with Gasteiger partial charge < -0.3 is 14.2 Å². The normalized spacial score (nSPS) is 12.9. The van der Waals surface area contributed by atoms with E-state index in [0.717, 1.165) is 75.5 Å². The first-order chi connectivity index (χ1) is 33.7. The molecule has 0 spiro atoms. The van der Waals surface area contributed by atoms with Crippen LogP contribution in [0.5, 0.6) is 0 Å². The Balaban J connectivity index is 4.22. The van der Waals surface area contributed by atoms with Crippen molar-refractivity contribution in [2.45, 2.75) is 356 Å². The fourth-order valence-corrected chi connectivity index (χ4v) is 9.64. The minimum absolute atomic E-state index is 0.0633. The third kappa shape index (κ3) is 54.0. The summed E-state index contributed by atoms with van der Waals surface area (Å²) in [7, 11) is 0. The molecule has 0 N–H and O–H groups in total. The second-order valence-corrected chi connectivity index (χ2v) is 22.7. The molecule has 0 aromatic rings. The number of carbonyl (C=O) groups is 3. The molecule has 0 bridgehead atoms. The maximum atomic E-state index is 12.9. The van der Waals surface area contributed by atoms with E-state index in [1.807, 2.05) is 0 Å². The van der Waals surface area contributed by atoms with Crippen molar-refractivity contribution in [3.05, 3.63) is 0 Å². The van der Waals surface area contributed by atoms with E-state index in [0.29, 0.717) is 19.3 Å². The number of rotatable bonds is 56. The Morgan fingerprint density at radius 3 is 0.754 bits per heavy atom. The molecular weight excluding hydrogens is 853 g/mol. The van der Waals surface area contributed by atoms with Crippen LogP contribution in [0.2, 0.25) is 0 Å². The first kappa shape index (κ1) is 67.4. The molecule has 0 aliphatic carbocycles. The average molecular weight is 976 g/mol. The van der Waals surface area contributed by atoms with Crippen molar-refractivity contribution in [1.82, 2.24) is 0 Å². The maximum Gasteiger partial charge on any atom is 0.306 e. The highest BCUT2D eigenvalue weighted by Crippen LogP contribution is 2.20. The van der Waals surface area contributed by atoms with Crippen molar-refractivity contribution in [2.75, 3.05) is 13.2 Å². The number of unbranched alkanes of at least 4 members (excludes halogenated alkanes) is 37. The predicted molar refractivity (Wildman–Crippen MR) is 298 cm³/mol. The van der Waals surface area contributed by atoms with Crippen molar-refractivity contribution in [3.8, 4) is 0 Å². The lowest BCUT2D eigenvalue weighted by Crippen LogP contribution is -2.30. The Morgan fingerprint density at radius 1 is 0.290 bits per heavy atom. The Morgan fingerprint density at radius 2 is 0.507 bits per heavy atom. The molecule has 3 atom stereocenters. The third-order valence-corrected chi connectivity index (χ3v) is 15.1. The zero-order valence-corrected chi connectivity index (χ0v) is 47.6. The number of hydrogen-bond acceptors (Lipinski definition) is 6. The number of ether oxygens (including phenoxy) is 3. The van der Waals surface area contributed by atoms with Gasteiger partial charge in [0.1, 0.15) is 13.2 Å². The van der Waals surface area contributed by atoms with Crippen LogP contribution < -0.4 is 0 Å². The molecule has 0 amide bonds. The van der Waals surface area contributed by atoms with Gasteiger partial charge in [0, 0.05) is 19.3 Å². The first-order valence-electron chi connectivity index (χ1n) is 31.2. The molecule has 0 heterocycles. The van der Waals surface area contributed by atoms with E-state index in [-0.39, 0.29) is 31.1 Å². The largest absolute Gasteiger partial charge is 0.462 e. The van der Waals surface area contributed by atoms with Gasteiger partial charge >= 0.3 is 17.9 Å². The Bertz CT molecular complexity index is 1070. The molecule has 2 unspecified atom stereocenters. The lowest BCUT2D eigenvalue weighted by Gasteiger charge is -2.18. The van der Waals surface area contributed by atoms with E-state index in [4.69, 9.17) is 14.2 Å². The molecule has 69 heavy (non-hydrogen) atoms. The first-order valence-corrected chi connectivity index (χ1v) is 31.2. The van der Waals surface area contributed by atoms with Gasteiger partial charge in [-0.3, -0.25) is 14.4 Å². The van der Waals surface area contributed by atoms with Crippen LogP contribution in [0.4, 0.5) is 0 Å². The van der Waals surface area contributed by atoms with Crippen molar-refractivity contribution in [1.29, 1.82) is 0 Å². The van der Waals surface area contributed by atoms with Crippen molar-refractivity contribution >= 4 is 17.9 Å². The monoisotopic (exact) mass is 975 g/mol. The molecule has 0 saturated heterocycles. The van der Waals surface area contributed by atoms with E-state index in [2.05, 4.69) is 41.5 Å². The molecule has 0 fully saturated rings. The minimum atomic E-state index is -0.764. The Hall–Kier alpha value is -1.59. The summed E-state index contributed by atoms with van der Waals surface area (Å²) in [4.78, 5) is 38.2. The molecule has 0 aromatic carbocycles. The van der Waals surface area contributed by atoms with Crippen LogP contribution in [0.25, 0.3) is 0 Å². The zero-order valence-electron chi connectivity index (χ0n) is 47.6. The van der Waals surface area contributed by atoms with Crippen LogP contribution in [0, 0.1) is 17.8 Å². The molecular formula is C63H122O6. The molecule has 6 nitrogen and oxygen atoms in total. The summed E-state index contributed by atoms with van der Waals surface area (Å²) in [6.07, 6.45) is 58.1. The SMILES string of the molecule is CCC(C)CCCCCCCCCCCCCCCCCCCCC(=O)OC[C@H](COC(=O)CCCCCCCCCCC(C)C)OC(=O)CCCCCCCCCCCCCCCCC(C)CC. The molecule has 0 aromatic heterocycles. The minimum Gasteiger partial charge on any atom is -0.462 e. The van der Waals surface area contributed by atoms with Crippen molar-refractivity contribution < 1.29 is 28.6 Å². The van der Waals surface area contributed by atoms with Crippen molar-refractivity contribution in [3.63, 3.8) is 0 Å². The Labute approximate surface area is 431 Å². The highest BCUT2D eigenvalue weighted by atomic mass is 16.6. The second-order valence-electron chi connectivity index (χ2n) is 22.7. The molecule has 6 heteroatoms. The standard InChI is InChI=1S/C63H122O6/c1-7-58(5)50-44-38-32-25-21-17-13-11-9-10-12-14-19-23-27-34-40-46-52-61(64)67-55-60(56-68-62(65)53-47-41-35-30-29-31-37-43-49-57(3)4)69-63(66)54-48-42-36-28-24-20-16-15-18-22-26-33-39-45-51-59(6)8-2/h57-60H,7-56H2,1-6H3/t58?,59?,60-/m1/s1. The second kappa shape index (κ2) is 54.2. The van der Waals surface area contributed by atoms with Crippen molar-refractivity contribution in [2.24, 2.45) is 17.8 Å². The third-order valence-electron chi connectivity index (χ3n) is 15.1. The highest BCUT2D eigenvalue weighted by molar-refractivity contribution is 5.71. The van der Waals surface area contributed by atoms with Gasteiger partial charge in [-0.05, 0) is 37.0 Å². The van der Waals surface area contributed by atoms with E-state index in [1.165, 1.54) is 231 Å². The van der Waals surface area contributed by atoms with Crippen LogP contribution in [0.1, 0.15) is 350 Å². The number of esters is 3. The Kier molecular flexibility index (Phi) is 52.9. The molecule has 0 rings (SSSR count). The highest BCUT2D eigenvalue weighted by Gasteiger charge is 2.19. The molecule has 0 aliphatic heterocycles. The molecule has 410 valence electrons. The summed E-state index contributed by atoms with van der Waals surface area (Å²) in [5.41, 5.74) is 0. The smallest absolute Gasteiger partial charge is 0.306 e. The maximum absolute atomic E-state index is 12.9. The summed E-state index contributed by atoms with van der Waals surface area (Å²) in [6, 6.07) is 0. The summed E-state index contributed by atoms with van der Waals surface area (Å²) in [5.74, 6) is 1.76. The van der Waals surface area contributed by atoms with Crippen LogP contribution in [0.15, 0.2) is 0 Å². The lowest BCUT2D eigenvalue weighted by atomic mass is 9.99. The van der Waals surface area contributed by atoms with E-state index < -0.39 is 6.10 Å². The van der Waals surface area contributed by atoms with E-state index in [9.17, 15) is 14.4 Å². The molecule has 0 saturated carbocycles. The summed E-state index contributed by atoms with van der Waals surface area (Å²) in [6.45, 7) is 13.8. The quantitative estimate of drug-likeness (QED) is 0.0343. The van der Waals surface area contributed by atoms with Crippen LogP contribution in [0.3, 0.4) is 0 Å². The average Bonchev–Trinajstić information content (AvgIpc) is 3.34. The van der Waals surface area contributed by atoms with E-state index >= 15 is 0 Å². The van der Waals surface area contributed by atoms with Gasteiger partial charge in [-0.1, -0.05) is 311 Å². The van der Waals surface area contributed by atoms with Gasteiger partial charge in [0.25, 0.3) is 0 Å². The van der Waals surface area contributed by atoms with Gasteiger partial charge in [-0.15, -0.1) is 0 Å². The van der Waals surface area contributed by atoms with E-state index in [1.54, 1.807) is 0 Å². The van der Waals surface area contributed by atoms with Gasteiger partial charge in [0.15, 0.2) is 6.10 Å². The fraction of sp³-hybridized carbons (Fsp3) is 0.952. The number of hydrogen-bond donors (Lipinski definition) is 0. The van der Waals surface area contributed by atoms with Crippen LogP contribution in [-0.2, 0) is 28.6 Å². The fourth-order valence-electron chi connectivity index (χ4n) is 9.64. The predicted octanol–water partition coefficient (Wildman–Crippen LogP) is 20.7. The van der Waals surface area contributed by atoms with Gasteiger partial charge in [-0.25, -0.2) is 0 Å². The molecule has 0 radical (unpaired) electrons. The lowest BCUT2D eigenvalue weighted by molar-refractivity contribution is -0.167. The number of carbonyl (C=O) groups excluding carboxylic acids is 3. The van der Waals surface area contributed by atoms with Gasteiger partial charge in [-0.2, -0.15) is 0 Å². The van der Waals surface area contributed by atoms with Gasteiger partial charge in [0.2, 0.25) is 0 Å². The topological polar surface area (TPSA) is 78.9 Å².